The molecule has 0 spiro atoms. The van der Waals surface area contributed by atoms with Gasteiger partial charge in [0.15, 0.2) is 22.6 Å². The van der Waals surface area contributed by atoms with Crippen molar-refractivity contribution in [2.24, 2.45) is 14.1 Å². The van der Waals surface area contributed by atoms with Crippen LogP contribution in [0.15, 0.2) is 322 Å². The Morgan fingerprint density at radius 3 is 1.15 bits per heavy atom. The first-order chi connectivity index (χ1) is 62.0. The third-order valence-electron chi connectivity index (χ3n) is 21.8. The van der Waals surface area contributed by atoms with Gasteiger partial charge in [-0.05, 0) is 136 Å². The third kappa shape index (κ3) is 15.8. The van der Waals surface area contributed by atoms with Gasteiger partial charge < -0.3 is 21.3 Å². The summed E-state index contributed by atoms with van der Waals surface area (Å²) in [6.07, 6.45) is 24.8. The Bertz CT molecular complexity index is 7870. The number of imidazole rings is 2. The minimum atomic E-state index is -0.197. The van der Waals surface area contributed by atoms with E-state index in [-0.39, 0.29) is 46.4 Å². The van der Waals surface area contributed by atoms with Gasteiger partial charge in [-0.2, -0.15) is 39.6 Å². The number of thiophene rings is 3. The molecule has 0 saturated heterocycles. The molecule has 127 heavy (non-hydrogen) atoms. The second-order valence-electron chi connectivity index (χ2n) is 30.0. The molecule has 628 valence electrons. The van der Waals surface area contributed by atoms with Crippen molar-refractivity contribution in [2.75, 3.05) is 21.3 Å². The number of halogens is 2. The zero-order valence-corrected chi connectivity index (χ0v) is 72.7. The summed E-state index contributed by atoms with van der Waals surface area (Å²) in [5, 5.41) is 49.8. The van der Waals surface area contributed by atoms with E-state index in [0.717, 1.165) is 133 Å². The molecule has 17 heterocycles. The Kier molecular flexibility index (Phi) is 22.3. The van der Waals surface area contributed by atoms with Crippen LogP contribution < -0.4 is 43.5 Å². The lowest BCUT2D eigenvalue weighted by Gasteiger charge is -2.22. The first-order valence-corrected chi connectivity index (χ1v) is 43.8. The molecule has 0 saturated carbocycles. The summed E-state index contributed by atoms with van der Waals surface area (Å²) in [6.45, 7) is 8.14. The number of para-hydroxylation sites is 4. The van der Waals surface area contributed by atoms with Crippen molar-refractivity contribution in [3.05, 3.63) is 377 Å². The Morgan fingerprint density at radius 2 is 0.724 bits per heavy atom. The van der Waals surface area contributed by atoms with Gasteiger partial charge in [0.2, 0.25) is 0 Å². The maximum Gasteiger partial charge on any atom is 0.265 e. The molecule has 22 aromatic rings. The van der Waals surface area contributed by atoms with E-state index < -0.39 is 0 Å². The van der Waals surface area contributed by atoms with Crippen LogP contribution in [-0.2, 0) is 14.1 Å². The quantitative estimate of drug-likeness (QED) is 0.0621. The van der Waals surface area contributed by atoms with E-state index in [1.165, 1.54) is 22.7 Å². The van der Waals surface area contributed by atoms with Crippen molar-refractivity contribution in [1.82, 2.24) is 96.2 Å². The maximum atomic E-state index is 14.2. The monoisotopic (exact) mass is 1770 g/mol. The van der Waals surface area contributed by atoms with Gasteiger partial charge >= 0.3 is 0 Å². The summed E-state index contributed by atoms with van der Waals surface area (Å²) in [7, 11) is 3.75. The number of hydrogen-bond acceptors (Lipinski definition) is 21. The fourth-order valence-corrected chi connectivity index (χ4v) is 19.4. The number of aryl methyl sites for hydroxylation is 2. The lowest BCUT2D eigenvalue weighted by Crippen LogP contribution is -2.26. The molecule has 0 aliphatic carbocycles. The van der Waals surface area contributed by atoms with E-state index in [0.29, 0.717) is 31.6 Å². The fraction of sp³-hybridized carbons (Fsp3) is 0.106. The molecule has 0 radical (unpaired) electrons. The van der Waals surface area contributed by atoms with Crippen LogP contribution in [0, 0.1) is 0 Å². The second kappa shape index (κ2) is 34.8. The van der Waals surface area contributed by atoms with Crippen LogP contribution in [0.2, 0.25) is 10.0 Å². The van der Waals surface area contributed by atoms with Gasteiger partial charge in [-0.1, -0.05) is 114 Å². The summed E-state index contributed by atoms with van der Waals surface area (Å²) in [5.74, 6) is 1.60. The fourth-order valence-electron chi connectivity index (χ4n) is 15.9. The number of nitrogens with zero attached hydrogens (tertiary/aromatic N) is 20. The highest BCUT2D eigenvalue weighted by atomic mass is 35.5. The van der Waals surface area contributed by atoms with Crippen LogP contribution in [0.4, 0.5) is 23.0 Å². The standard InChI is InChI=1S/C27H23N7O.C25H21N7OS.2C21H16ClN5OS/c1-18(31-23-11-12-29-33-14-13-28-26(23)33)24-15-19-7-6-10-22(20-16-30-32(2)17-20)25(19)27(35)34(24)21-8-4-3-5-9-21;1-16(29-23-8-10-26-22-9-11-27-32(22)23)20-12-21-24(19(15-34-21)17-13-28-30(2)14-17)25(33)31(20)18-6-4-3-5-7-18;1-13(25-19-7-9-23-18-8-10-24-27(18)19)16-11-17-20(15(22)12-29-17)21(28)26(16)14-5-3-2-4-6-14;1-13(25-16-7-8-24-26-10-9-23-20(16)26)17-11-18-19(15(22)12-29-18)21(28)27(17)14-5-3-2-4-6-14/h3-18,31H,1-2H3;3-16,29H,1-2H3;2*2-13,25H,1H3/t18-;16-;2*13-/m0000/s1. The third-order valence-corrected chi connectivity index (χ3v) is 25.5. The van der Waals surface area contributed by atoms with Gasteiger partial charge in [0.25, 0.3) is 22.2 Å². The van der Waals surface area contributed by atoms with E-state index in [1.54, 1.807) is 137 Å². The molecule has 0 fully saturated rings. The van der Waals surface area contributed by atoms with Crippen LogP contribution >= 0.6 is 57.2 Å². The largest absolute Gasteiger partial charge is 0.374 e. The van der Waals surface area contributed by atoms with Gasteiger partial charge in [-0.15, -0.1) is 34.0 Å². The molecule has 0 bridgehead atoms. The van der Waals surface area contributed by atoms with E-state index in [4.69, 9.17) is 23.2 Å². The summed E-state index contributed by atoms with van der Waals surface area (Å²) in [4.78, 5) is 72.4. The first kappa shape index (κ1) is 81.4. The minimum Gasteiger partial charge on any atom is -0.374 e. The van der Waals surface area contributed by atoms with E-state index in [9.17, 15) is 19.2 Å². The van der Waals surface area contributed by atoms with Crippen molar-refractivity contribution in [2.45, 2.75) is 51.9 Å². The highest BCUT2D eigenvalue weighted by Crippen LogP contribution is 2.38. The molecular formula is C94H76Cl2N24O4S3. The van der Waals surface area contributed by atoms with Crippen LogP contribution in [0.1, 0.15) is 74.6 Å². The molecule has 0 amide bonds. The Hall–Kier alpha value is -15.3. The minimum absolute atomic E-state index is 0.0496. The molecule has 0 aliphatic rings. The molecule has 28 nitrogen and oxygen atoms in total. The van der Waals surface area contributed by atoms with Gasteiger partial charge in [0.1, 0.15) is 11.6 Å². The topological polar surface area (TPSA) is 293 Å². The Morgan fingerprint density at radius 1 is 0.346 bits per heavy atom. The van der Waals surface area contributed by atoms with Crippen molar-refractivity contribution in [3.8, 4) is 45.0 Å². The van der Waals surface area contributed by atoms with Crippen LogP contribution in [-0.4, -0.2) is 96.2 Å². The highest BCUT2D eigenvalue weighted by Gasteiger charge is 2.27. The molecule has 22 rings (SSSR count). The molecule has 5 aromatic carbocycles. The van der Waals surface area contributed by atoms with Gasteiger partial charge in [-0.25, -0.2) is 29.0 Å². The van der Waals surface area contributed by atoms with Crippen molar-refractivity contribution < 1.29 is 0 Å². The average molecular weight is 1770 g/mol. The van der Waals surface area contributed by atoms with Gasteiger partial charge in [0.05, 0.1) is 104 Å². The normalized spacial score (nSPS) is 12.4. The number of pyridine rings is 4. The number of anilines is 4. The Balaban J connectivity index is 0.000000111. The number of aromatic nitrogens is 20. The zero-order chi connectivity index (χ0) is 87.1. The molecule has 4 N–H and O–H groups in total. The smallest absolute Gasteiger partial charge is 0.265 e. The molecule has 17 aromatic heterocycles. The Labute approximate surface area is 744 Å². The van der Waals surface area contributed by atoms with Crippen LogP contribution in [0.5, 0.6) is 0 Å². The van der Waals surface area contributed by atoms with Crippen LogP contribution in [0.25, 0.3) is 109 Å². The second-order valence-corrected chi connectivity index (χ2v) is 33.5. The maximum absolute atomic E-state index is 14.2. The number of nitrogens with one attached hydrogen (secondary N) is 4. The average Bonchev–Trinajstić information content (AvgIpc) is 1.69. The molecule has 0 unspecified atom stereocenters. The lowest BCUT2D eigenvalue weighted by molar-refractivity contribution is 0.764. The van der Waals surface area contributed by atoms with E-state index >= 15 is 0 Å². The van der Waals surface area contributed by atoms with Crippen LogP contribution in [0.3, 0.4) is 0 Å². The first-order valence-electron chi connectivity index (χ1n) is 40.4. The molecular weight excluding hydrogens is 1700 g/mol. The number of benzene rings is 5. The molecule has 0 aliphatic heterocycles. The van der Waals surface area contributed by atoms with E-state index in [1.807, 2.05) is 253 Å². The summed E-state index contributed by atoms with van der Waals surface area (Å²) < 4.78 is 20.1. The lowest BCUT2D eigenvalue weighted by atomic mass is 9.99. The zero-order valence-electron chi connectivity index (χ0n) is 68.7. The number of hydrogen-bond donors (Lipinski definition) is 4. The van der Waals surface area contributed by atoms with Gasteiger partial charge in [-0.3, -0.25) is 46.8 Å². The molecule has 4 atom stereocenters. The predicted octanol–water partition coefficient (Wildman–Crippen LogP) is 19.1. The SMILES string of the molecule is C[C@H](Nc1ccnc2ccnn12)c1cc2scc(-c3cnn(C)c3)c2c(=O)n1-c1ccccc1.C[C@H](Nc1ccnc2ccnn12)c1cc2scc(Cl)c2c(=O)n1-c1ccccc1.C[C@H](Nc1ccnn2ccnc12)c1cc2cccc(-c3cnn(C)c3)c2c(=O)n1-c1ccccc1.C[C@H](Nc1ccnn2ccnc12)c1cc2scc(Cl)c2c(=O)n1-c1ccccc1. The molecule has 33 heteroatoms. The highest BCUT2D eigenvalue weighted by molar-refractivity contribution is 7.18. The van der Waals surface area contributed by atoms with E-state index in [2.05, 4.69) is 83.9 Å². The van der Waals surface area contributed by atoms with Crippen molar-refractivity contribution in [3.63, 3.8) is 0 Å². The summed E-state index contributed by atoms with van der Waals surface area (Å²) in [5.41, 5.74) is 14.5. The van der Waals surface area contributed by atoms with Crippen molar-refractivity contribution in [1.29, 1.82) is 0 Å². The predicted molar refractivity (Wildman–Crippen MR) is 506 cm³/mol. The summed E-state index contributed by atoms with van der Waals surface area (Å²) >= 11 is 17.1. The number of rotatable bonds is 18. The summed E-state index contributed by atoms with van der Waals surface area (Å²) in [6, 6.07) is 63.4. The number of fused-ring (bicyclic) bond motifs is 8. The van der Waals surface area contributed by atoms with Gasteiger partial charge in [0, 0.05) is 168 Å². The van der Waals surface area contributed by atoms with Crippen molar-refractivity contribution >= 4 is 144 Å².